The van der Waals surface area contributed by atoms with Crippen LogP contribution in [-0.4, -0.2) is 39.7 Å². The van der Waals surface area contributed by atoms with Crippen LogP contribution >= 0.6 is 0 Å². The zero-order valence-corrected chi connectivity index (χ0v) is 14.5. The number of carbonyl (C=O) groups excluding carboxylic acids is 1. The predicted molar refractivity (Wildman–Crippen MR) is 95.3 cm³/mol. The van der Waals surface area contributed by atoms with E-state index in [-0.39, 0.29) is 25.1 Å². The average molecular weight is 388 g/mol. The molecule has 0 spiro atoms. The molecule has 28 heavy (non-hydrogen) atoms. The number of hydrogen-bond acceptors (Lipinski definition) is 6. The van der Waals surface area contributed by atoms with Gasteiger partial charge in [-0.1, -0.05) is 30.3 Å². The zero-order valence-electron chi connectivity index (χ0n) is 14.5. The summed E-state index contributed by atoms with van der Waals surface area (Å²) < 4.78 is 5.00. The van der Waals surface area contributed by atoms with Gasteiger partial charge in [-0.2, -0.15) is 0 Å². The van der Waals surface area contributed by atoms with E-state index >= 15 is 0 Å². The van der Waals surface area contributed by atoms with Gasteiger partial charge in [-0.05, 0) is 17.5 Å². The van der Waals surface area contributed by atoms with Crippen LogP contribution in [0.15, 0.2) is 42.5 Å². The Bertz CT molecular complexity index is 876. The monoisotopic (exact) mass is 388 g/mol. The number of rotatable bonds is 8. The molecule has 0 saturated heterocycles. The number of aromatic carboxylic acids is 2. The number of carboxylic acids is 2. The van der Waals surface area contributed by atoms with Crippen LogP contribution in [0.5, 0.6) is 0 Å². The third-order valence-electron chi connectivity index (χ3n) is 3.76. The summed E-state index contributed by atoms with van der Waals surface area (Å²) in [4.78, 5) is 44.6. The molecular formula is C18H16N2O8. The molecule has 1 amide bonds. The van der Waals surface area contributed by atoms with Crippen molar-refractivity contribution in [2.24, 2.45) is 0 Å². The van der Waals surface area contributed by atoms with E-state index in [1.165, 1.54) is 0 Å². The van der Waals surface area contributed by atoms with Crippen LogP contribution in [0.2, 0.25) is 0 Å². The molecule has 0 aliphatic carbocycles. The third kappa shape index (κ3) is 5.27. The number of nitro groups is 1. The summed E-state index contributed by atoms with van der Waals surface area (Å²) in [6.45, 7) is -0.0864. The molecule has 10 heteroatoms. The normalized spacial score (nSPS) is 10.1. The van der Waals surface area contributed by atoms with E-state index in [4.69, 9.17) is 4.74 Å². The first kappa shape index (κ1) is 20.4. The molecule has 0 unspecified atom stereocenters. The van der Waals surface area contributed by atoms with Gasteiger partial charge < -0.3 is 20.3 Å². The van der Waals surface area contributed by atoms with E-state index in [0.29, 0.717) is 0 Å². The summed E-state index contributed by atoms with van der Waals surface area (Å²) in [5.74, 6) is -3.01. The number of nitrogens with one attached hydrogen (secondary N) is 1. The lowest BCUT2D eigenvalue weighted by Crippen LogP contribution is -2.27. The molecule has 0 radical (unpaired) electrons. The molecule has 0 fully saturated rings. The SMILES string of the molecule is O=C(NCCc1c(C(=O)O)cc([N+](=O)[O-])cc1C(=O)O)OCc1ccccc1. The maximum absolute atomic E-state index is 11.7. The Morgan fingerprint density at radius 3 is 2.11 bits per heavy atom. The third-order valence-corrected chi connectivity index (χ3v) is 3.76. The van der Waals surface area contributed by atoms with E-state index in [9.17, 15) is 34.7 Å². The molecule has 3 N–H and O–H groups in total. The number of alkyl carbamates (subject to hydrolysis) is 1. The number of benzene rings is 2. The fourth-order valence-corrected chi connectivity index (χ4v) is 2.48. The van der Waals surface area contributed by atoms with E-state index in [1.807, 2.05) is 6.07 Å². The van der Waals surface area contributed by atoms with Gasteiger partial charge in [0, 0.05) is 18.7 Å². The van der Waals surface area contributed by atoms with Crippen molar-refractivity contribution in [3.05, 3.63) is 74.8 Å². The molecule has 146 valence electrons. The number of amides is 1. The van der Waals surface area contributed by atoms with Gasteiger partial charge in [0.05, 0.1) is 16.1 Å². The van der Waals surface area contributed by atoms with Crippen LogP contribution in [0.1, 0.15) is 31.8 Å². The molecule has 0 saturated carbocycles. The molecular weight excluding hydrogens is 372 g/mol. The Morgan fingerprint density at radius 2 is 1.61 bits per heavy atom. The standard InChI is InChI=1S/C18H16N2O8/c21-16(22)14-8-12(20(26)27)9-15(17(23)24)13(14)6-7-19-18(25)28-10-11-4-2-1-3-5-11/h1-5,8-9H,6-7,10H2,(H,19,25)(H,21,22)(H,23,24). The second kappa shape index (κ2) is 9.12. The first-order chi connectivity index (χ1) is 13.3. The van der Waals surface area contributed by atoms with Gasteiger partial charge in [0.15, 0.2) is 0 Å². The van der Waals surface area contributed by atoms with Crippen molar-refractivity contribution in [3.63, 3.8) is 0 Å². The quantitative estimate of drug-likeness (QED) is 0.460. The molecule has 0 aromatic heterocycles. The van der Waals surface area contributed by atoms with Crippen LogP contribution in [0.25, 0.3) is 0 Å². The molecule has 0 heterocycles. The molecule has 2 aromatic rings. The zero-order chi connectivity index (χ0) is 20.7. The van der Waals surface area contributed by atoms with Crippen LogP contribution < -0.4 is 5.32 Å². The van der Waals surface area contributed by atoms with Gasteiger partial charge in [0.1, 0.15) is 6.61 Å². The molecule has 0 bridgehead atoms. The molecule has 0 aliphatic heterocycles. The molecule has 2 aromatic carbocycles. The highest BCUT2D eigenvalue weighted by Gasteiger charge is 2.24. The average Bonchev–Trinajstić information content (AvgIpc) is 2.66. The van der Waals surface area contributed by atoms with E-state index < -0.39 is 39.8 Å². The topological polar surface area (TPSA) is 156 Å². The molecule has 2 rings (SSSR count). The smallest absolute Gasteiger partial charge is 0.407 e. The van der Waals surface area contributed by atoms with Crippen LogP contribution in [0, 0.1) is 10.1 Å². The maximum Gasteiger partial charge on any atom is 0.407 e. The van der Waals surface area contributed by atoms with Crippen molar-refractivity contribution in [1.29, 1.82) is 0 Å². The van der Waals surface area contributed by atoms with E-state index in [0.717, 1.165) is 17.7 Å². The van der Waals surface area contributed by atoms with E-state index in [2.05, 4.69) is 5.32 Å². The highest BCUT2D eigenvalue weighted by Crippen LogP contribution is 2.24. The predicted octanol–water partition coefficient (Wildman–Crippen LogP) is 2.46. The molecule has 0 atom stereocenters. The summed E-state index contributed by atoms with van der Waals surface area (Å²) in [5, 5.41) is 31.8. The molecule has 10 nitrogen and oxygen atoms in total. The fraction of sp³-hybridized carbons (Fsp3) is 0.167. The van der Waals surface area contributed by atoms with Gasteiger partial charge in [-0.15, -0.1) is 0 Å². The minimum Gasteiger partial charge on any atom is -0.478 e. The number of carbonyl (C=O) groups is 3. The van der Waals surface area contributed by atoms with Crippen LogP contribution in [0.3, 0.4) is 0 Å². The van der Waals surface area contributed by atoms with Crippen LogP contribution in [0.4, 0.5) is 10.5 Å². The number of hydrogen-bond donors (Lipinski definition) is 3. The Labute approximate surface area is 158 Å². The maximum atomic E-state index is 11.7. The largest absolute Gasteiger partial charge is 0.478 e. The number of nitrogens with zero attached hydrogens (tertiary/aromatic N) is 1. The second-order valence-corrected chi connectivity index (χ2v) is 5.63. The number of ether oxygens (including phenoxy) is 1. The lowest BCUT2D eigenvalue weighted by Gasteiger charge is -2.11. The second-order valence-electron chi connectivity index (χ2n) is 5.63. The van der Waals surface area contributed by atoms with Crippen molar-refractivity contribution in [3.8, 4) is 0 Å². The fourth-order valence-electron chi connectivity index (χ4n) is 2.48. The Balaban J connectivity index is 2.08. The minimum atomic E-state index is -1.51. The van der Waals surface area contributed by atoms with Gasteiger partial charge >= 0.3 is 18.0 Å². The Morgan fingerprint density at radius 1 is 1.04 bits per heavy atom. The first-order valence-corrected chi connectivity index (χ1v) is 8.02. The Kier molecular flexibility index (Phi) is 6.63. The highest BCUT2D eigenvalue weighted by atomic mass is 16.6. The summed E-state index contributed by atoms with van der Waals surface area (Å²) in [7, 11) is 0. The lowest BCUT2D eigenvalue weighted by atomic mass is 9.97. The first-order valence-electron chi connectivity index (χ1n) is 8.02. The summed E-state index contributed by atoms with van der Waals surface area (Å²) in [6.07, 6.45) is -0.929. The Hall–Kier alpha value is -3.95. The van der Waals surface area contributed by atoms with Gasteiger partial charge in [0.25, 0.3) is 5.69 Å². The van der Waals surface area contributed by atoms with Crippen molar-refractivity contribution in [2.75, 3.05) is 6.54 Å². The molecule has 0 aliphatic rings. The summed E-state index contributed by atoms with van der Waals surface area (Å²) >= 11 is 0. The number of carboxylic acid groups (broad SMARTS) is 2. The van der Waals surface area contributed by atoms with Crippen LogP contribution in [-0.2, 0) is 17.8 Å². The minimum absolute atomic E-state index is 0.0327. The summed E-state index contributed by atoms with van der Waals surface area (Å²) in [6, 6.07) is 10.5. The van der Waals surface area contributed by atoms with E-state index in [1.54, 1.807) is 24.3 Å². The van der Waals surface area contributed by atoms with Crippen molar-refractivity contribution in [2.45, 2.75) is 13.0 Å². The summed E-state index contributed by atoms with van der Waals surface area (Å²) in [5.41, 5.74) is -1.02. The highest BCUT2D eigenvalue weighted by molar-refractivity contribution is 5.97. The van der Waals surface area contributed by atoms with Gasteiger partial charge in [-0.25, -0.2) is 14.4 Å². The number of nitro benzene ring substituents is 1. The van der Waals surface area contributed by atoms with Crippen molar-refractivity contribution >= 4 is 23.7 Å². The lowest BCUT2D eigenvalue weighted by molar-refractivity contribution is -0.384. The van der Waals surface area contributed by atoms with Gasteiger partial charge in [0.2, 0.25) is 0 Å². The number of non-ortho nitro benzene ring substituents is 1. The van der Waals surface area contributed by atoms with Crippen molar-refractivity contribution in [1.82, 2.24) is 5.32 Å². The van der Waals surface area contributed by atoms with Gasteiger partial charge in [-0.3, -0.25) is 10.1 Å². The van der Waals surface area contributed by atoms with Crippen molar-refractivity contribution < 1.29 is 34.3 Å².